The molecule has 0 aliphatic rings. The topological polar surface area (TPSA) is 237 Å². The summed E-state index contributed by atoms with van der Waals surface area (Å²) in [7, 11) is -9.91. The van der Waals surface area contributed by atoms with Crippen LogP contribution in [0.5, 0.6) is 0 Å². The molecule has 0 heterocycles. The molecule has 3 unspecified atom stereocenters. The van der Waals surface area contributed by atoms with E-state index < -0.39 is 97.5 Å². The van der Waals surface area contributed by atoms with Gasteiger partial charge in [0.05, 0.1) is 26.4 Å². The standard InChI is InChI=1S/C73H142O17P2/c1-7-10-12-14-16-18-20-24-31-37-43-49-55-70(75)83-61-68(89-72(77)57-51-45-39-33-25-21-19-17-15-13-11-8-2)63-87-91(79,80)85-59-67(74)60-86-92(81,82)88-64-69(90-73(78)58-52-46-40-34-26-22-23-29-35-41-47-53-65(4)5)62-84-71(76)56-50-44-38-32-28-27-30-36-42-48-54-66(6)9-3/h65-69,74H,7-64H2,1-6H3,(H,79,80)(H,81,82)/t66?,67-,68+,69+/m0/s1. The lowest BCUT2D eigenvalue weighted by molar-refractivity contribution is -0.161. The van der Waals surface area contributed by atoms with Gasteiger partial charge in [-0.25, -0.2) is 9.13 Å². The molecule has 6 atom stereocenters. The number of unbranched alkanes of at least 4 members (excludes halogenated alkanes) is 41. The molecule has 0 amide bonds. The molecule has 3 N–H and O–H groups in total. The smallest absolute Gasteiger partial charge is 0.462 e. The number of carbonyl (C=O) groups excluding carboxylic acids is 4. The Labute approximate surface area is 562 Å². The van der Waals surface area contributed by atoms with E-state index >= 15 is 0 Å². The van der Waals surface area contributed by atoms with Gasteiger partial charge in [0, 0.05) is 25.7 Å². The fraction of sp³-hybridized carbons (Fsp3) is 0.945. The molecule has 0 fully saturated rings. The van der Waals surface area contributed by atoms with Crippen molar-refractivity contribution in [2.45, 2.75) is 394 Å². The highest BCUT2D eigenvalue weighted by Gasteiger charge is 2.30. The summed E-state index contributed by atoms with van der Waals surface area (Å²) in [6, 6.07) is 0. The van der Waals surface area contributed by atoms with Gasteiger partial charge in [-0.05, 0) is 37.5 Å². The van der Waals surface area contributed by atoms with Gasteiger partial charge in [-0.2, -0.15) is 0 Å². The summed E-state index contributed by atoms with van der Waals surface area (Å²) < 4.78 is 68.4. The van der Waals surface area contributed by atoms with Crippen LogP contribution in [0.1, 0.15) is 375 Å². The average molecular weight is 1350 g/mol. The molecule has 546 valence electrons. The van der Waals surface area contributed by atoms with Gasteiger partial charge >= 0.3 is 39.5 Å². The van der Waals surface area contributed by atoms with Crippen molar-refractivity contribution in [1.29, 1.82) is 0 Å². The molecule has 0 radical (unpaired) electrons. The van der Waals surface area contributed by atoms with Crippen molar-refractivity contribution in [3.63, 3.8) is 0 Å². The van der Waals surface area contributed by atoms with Gasteiger partial charge in [0.2, 0.25) is 0 Å². The van der Waals surface area contributed by atoms with Crippen LogP contribution in [-0.4, -0.2) is 96.7 Å². The third kappa shape index (κ3) is 65.4. The molecule has 17 nitrogen and oxygen atoms in total. The number of hydrogen-bond acceptors (Lipinski definition) is 15. The SMILES string of the molecule is CCCCCCCCCCCCCCC(=O)OC[C@H](COP(=O)(O)OC[C@H](O)COP(=O)(O)OC[C@@H](COC(=O)CCCCCCCCCCCCC(C)CC)OC(=O)CCCCCCCCCCCCCC(C)C)OC(=O)CCCCCCCCCCCCCC. The molecule has 0 bridgehead atoms. The van der Waals surface area contributed by atoms with Gasteiger partial charge in [0.1, 0.15) is 19.3 Å². The van der Waals surface area contributed by atoms with Crippen LogP contribution in [0.25, 0.3) is 0 Å². The second kappa shape index (κ2) is 65.0. The number of hydrogen-bond donors (Lipinski definition) is 3. The van der Waals surface area contributed by atoms with Crippen LogP contribution in [0.3, 0.4) is 0 Å². The highest BCUT2D eigenvalue weighted by molar-refractivity contribution is 7.47. The predicted octanol–water partition coefficient (Wildman–Crippen LogP) is 21.2. The van der Waals surface area contributed by atoms with E-state index in [0.717, 1.165) is 102 Å². The third-order valence-corrected chi connectivity index (χ3v) is 19.2. The Balaban J connectivity index is 5.27. The normalized spacial score (nSPS) is 14.4. The molecule has 92 heavy (non-hydrogen) atoms. The zero-order valence-electron chi connectivity index (χ0n) is 59.9. The van der Waals surface area contributed by atoms with Crippen molar-refractivity contribution < 1.29 is 80.2 Å². The van der Waals surface area contributed by atoms with E-state index in [1.165, 1.54) is 193 Å². The summed E-state index contributed by atoms with van der Waals surface area (Å²) in [5.74, 6) is -0.542. The van der Waals surface area contributed by atoms with Crippen LogP contribution in [-0.2, 0) is 65.4 Å². The molecule has 0 aromatic carbocycles. The van der Waals surface area contributed by atoms with E-state index in [0.29, 0.717) is 25.7 Å². The summed E-state index contributed by atoms with van der Waals surface area (Å²) in [5.41, 5.74) is 0. The molecule has 0 aliphatic carbocycles. The second-order valence-electron chi connectivity index (χ2n) is 27.1. The van der Waals surface area contributed by atoms with Crippen molar-refractivity contribution >= 4 is 39.5 Å². The first-order valence-corrected chi connectivity index (χ1v) is 41.0. The molecule has 0 aromatic heterocycles. The molecule has 19 heteroatoms. The average Bonchev–Trinajstić information content (AvgIpc) is 1.93. The molecule has 0 spiro atoms. The van der Waals surface area contributed by atoms with Crippen molar-refractivity contribution in [3.05, 3.63) is 0 Å². The maximum atomic E-state index is 13.1. The van der Waals surface area contributed by atoms with Crippen molar-refractivity contribution in [2.24, 2.45) is 11.8 Å². The van der Waals surface area contributed by atoms with Gasteiger partial charge < -0.3 is 33.8 Å². The summed E-state index contributed by atoms with van der Waals surface area (Å²) >= 11 is 0. The number of ether oxygens (including phenoxy) is 4. The highest BCUT2D eigenvalue weighted by atomic mass is 31.2. The summed E-state index contributed by atoms with van der Waals surface area (Å²) in [6.07, 6.45) is 51.0. The maximum absolute atomic E-state index is 13.1. The zero-order chi connectivity index (χ0) is 67.9. The molecule has 0 saturated carbocycles. The lowest BCUT2D eigenvalue weighted by atomic mass is 9.99. The van der Waals surface area contributed by atoms with Crippen LogP contribution in [0.4, 0.5) is 0 Å². The number of esters is 4. The van der Waals surface area contributed by atoms with Crippen LogP contribution >= 0.6 is 15.6 Å². The number of aliphatic hydroxyl groups excluding tert-OH is 1. The van der Waals surface area contributed by atoms with Gasteiger partial charge in [-0.1, -0.05) is 324 Å². The van der Waals surface area contributed by atoms with E-state index in [9.17, 15) is 43.2 Å². The summed E-state index contributed by atoms with van der Waals surface area (Å²) in [6.45, 7) is 9.61. The minimum absolute atomic E-state index is 0.106. The minimum atomic E-state index is -4.95. The van der Waals surface area contributed by atoms with Gasteiger partial charge in [0.25, 0.3) is 0 Å². The number of rotatable bonds is 72. The van der Waals surface area contributed by atoms with Crippen molar-refractivity contribution in [2.75, 3.05) is 39.6 Å². The lowest BCUT2D eigenvalue weighted by Gasteiger charge is -2.21. The molecular formula is C73H142O17P2. The van der Waals surface area contributed by atoms with Gasteiger partial charge in [-0.3, -0.25) is 37.3 Å². The van der Waals surface area contributed by atoms with Gasteiger partial charge in [-0.15, -0.1) is 0 Å². The quantitative estimate of drug-likeness (QED) is 0.0222. The Hall–Kier alpha value is -1.94. The monoisotopic (exact) mass is 1350 g/mol. The first-order chi connectivity index (χ1) is 44.4. The molecule has 0 aromatic rings. The fourth-order valence-corrected chi connectivity index (χ4v) is 12.7. The summed E-state index contributed by atoms with van der Waals surface area (Å²) in [4.78, 5) is 72.7. The van der Waals surface area contributed by atoms with Crippen molar-refractivity contribution in [3.8, 4) is 0 Å². The van der Waals surface area contributed by atoms with E-state index in [-0.39, 0.29) is 25.7 Å². The van der Waals surface area contributed by atoms with Crippen LogP contribution in [0, 0.1) is 11.8 Å². The third-order valence-electron chi connectivity index (χ3n) is 17.3. The highest BCUT2D eigenvalue weighted by Crippen LogP contribution is 2.45. The largest absolute Gasteiger partial charge is 0.472 e. The molecule has 0 saturated heterocycles. The number of aliphatic hydroxyl groups is 1. The van der Waals surface area contributed by atoms with E-state index in [1.807, 2.05) is 0 Å². The van der Waals surface area contributed by atoms with Gasteiger partial charge in [0.15, 0.2) is 12.2 Å². The molecule has 0 rings (SSSR count). The Kier molecular flexibility index (Phi) is 63.7. The number of phosphoric acid groups is 2. The van der Waals surface area contributed by atoms with Crippen molar-refractivity contribution in [1.82, 2.24) is 0 Å². The first-order valence-electron chi connectivity index (χ1n) is 38.0. The Morgan fingerprint density at radius 2 is 0.554 bits per heavy atom. The van der Waals surface area contributed by atoms with Crippen LogP contribution in [0.2, 0.25) is 0 Å². The van der Waals surface area contributed by atoms with E-state index in [4.69, 9.17) is 37.0 Å². The first kappa shape index (κ1) is 90.1. The Bertz CT molecular complexity index is 1790. The Morgan fingerprint density at radius 1 is 0.315 bits per heavy atom. The summed E-state index contributed by atoms with van der Waals surface area (Å²) in [5, 5.41) is 10.6. The molecule has 0 aliphatic heterocycles. The number of phosphoric ester groups is 2. The van der Waals surface area contributed by atoms with E-state index in [1.54, 1.807) is 0 Å². The van der Waals surface area contributed by atoms with Crippen LogP contribution in [0.15, 0.2) is 0 Å². The predicted molar refractivity (Wildman–Crippen MR) is 372 cm³/mol. The van der Waals surface area contributed by atoms with Crippen LogP contribution < -0.4 is 0 Å². The minimum Gasteiger partial charge on any atom is -0.462 e. The molecular weight excluding hydrogens is 1210 g/mol. The lowest BCUT2D eigenvalue weighted by Crippen LogP contribution is -2.30. The zero-order valence-corrected chi connectivity index (χ0v) is 61.6. The second-order valence-corrected chi connectivity index (χ2v) is 30.0. The maximum Gasteiger partial charge on any atom is 0.472 e. The number of carbonyl (C=O) groups is 4. The Morgan fingerprint density at radius 3 is 0.826 bits per heavy atom. The fourth-order valence-electron chi connectivity index (χ4n) is 11.1. The van der Waals surface area contributed by atoms with E-state index in [2.05, 4.69) is 41.5 Å².